The Morgan fingerprint density at radius 3 is 2.72 bits per heavy atom. The molecular weight excluding hydrogens is 452 g/mol. The zero-order valence-electron chi connectivity index (χ0n) is 20.1. The molecule has 1 aromatic carbocycles. The van der Waals surface area contributed by atoms with Crippen molar-refractivity contribution in [1.82, 2.24) is 24.7 Å². The fraction of sp³-hybridized carbons (Fsp3) is 0.321. The normalized spacial score (nSPS) is 16.4. The SMILES string of the molecule is O=C1Nc2cccc(n2)-c2nncn2CCCCCCOc2ccc(-c3ccc(C4CC4)nc3)cc21. The molecule has 1 fully saturated rings. The Hall–Kier alpha value is -4.07. The molecule has 6 rings (SSSR count). The number of carbonyl (C=O) groups excluding carboxylic acids is 1. The molecule has 1 aliphatic carbocycles. The maximum absolute atomic E-state index is 13.5. The molecule has 182 valence electrons. The molecule has 0 unspecified atom stereocenters. The summed E-state index contributed by atoms with van der Waals surface area (Å²) in [7, 11) is 0. The molecule has 36 heavy (non-hydrogen) atoms. The lowest BCUT2D eigenvalue weighted by Crippen LogP contribution is -2.15. The van der Waals surface area contributed by atoms with Gasteiger partial charge in [-0.05, 0) is 61.6 Å². The van der Waals surface area contributed by atoms with Gasteiger partial charge < -0.3 is 14.6 Å². The first-order valence-corrected chi connectivity index (χ1v) is 12.6. The number of rotatable bonds is 2. The van der Waals surface area contributed by atoms with Gasteiger partial charge in [0.25, 0.3) is 5.91 Å². The molecule has 2 aliphatic rings. The maximum atomic E-state index is 13.5. The number of carbonyl (C=O) groups is 1. The van der Waals surface area contributed by atoms with Crippen LogP contribution in [0.1, 0.15) is 60.5 Å². The van der Waals surface area contributed by atoms with Gasteiger partial charge in [-0.25, -0.2) is 4.98 Å². The summed E-state index contributed by atoms with van der Waals surface area (Å²) >= 11 is 0. The monoisotopic (exact) mass is 480 g/mol. The lowest BCUT2D eigenvalue weighted by molar-refractivity contribution is 0.102. The van der Waals surface area contributed by atoms with Gasteiger partial charge >= 0.3 is 0 Å². The van der Waals surface area contributed by atoms with Crippen LogP contribution < -0.4 is 10.1 Å². The Morgan fingerprint density at radius 2 is 1.86 bits per heavy atom. The third kappa shape index (κ3) is 4.84. The van der Waals surface area contributed by atoms with Gasteiger partial charge in [0.1, 0.15) is 23.6 Å². The predicted octanol–water partition coefficient (Wildman–Crippen LogP) is 5.48. The van der Waals surface area contributed by atoms with Crippen LogP contribution in [0.2, 0.25) is 0 Å². The molecule has 4 aromatic rings. The van der Waals surface area contributed by atoms with Crippen LogP contribution in [0, 0.1) is 0 Å². The minimum absolute atomic E-state index is 0.271. The molecule has 0 radical (unpaired) electrons. The van der Waals surface area contributed by atoms with Crippen LogP contribution in [0.4, 0.5) is 5.82 Å². The number of anilines is 1. The van der Waals surface area contributed by atoms with Crippen molar-refractivity contribution in [2.75, 3.05) is 11.9 Å². The van der Waals surface area contributed by atoms with E-state index in [0.29, 0.717) is 41.2 Å². The topological polar surface area (TPSA) is 94.8 Å². The number of fused-ring (bicyclic) bond motifs is 5. The average Bonchev–Trinajstić information content (AvgIpc) is 3.65. The van der Waals surface area contributed by atoms with Gasteiger partial charge in [0, 0.05) is 29.9 Å². The lowest BCUT2D eigenvalue weighted by Gasteiger charge is -2.15. The zero-order chi connectivity index (χ0) is 24.3. The highest BCUT2D eigenvalue weighted by Crippen LogP contribution is 2.39. The molecule has 0 atom stereocenters. The second-order valence-electron chi connectivity index (χ2n) is 9.43. The first-order valence-electron chi connectivity index (χ1n) is 12.6. The number of ether oxygens (including phenoxy) is 1. The van der Waals surface area contributed by atoms with E-state index in [2.05, 4.69) is 37.6 Å². The second kappa shape index (κ2) is 9.89. The fourth-order valence-electron chi connectivity index (χ4n) is 4.56. The Morgan fingerprint density at radius 1 is 0.972 bits per heavy atom. The molecule has 8 nitrogen and oxygen atoms in total. The molecule has 1 N–H and O–H groups in total. The Labute approximate surface area is 209 Å². The van der Waals surface area contributed by atoms with Crippen LogP contribution in [0.15, 0.2) is 61.1 Å². The highest BCUT2D eigenvalue weighted by molar-refractivity contribution is 6.06. The van der Waals surface area contributed by atoms with Crippen LogP contribution in [0.5, 0.6) is 5.75 Å². The smallest absolute Gasteiger partial charge is 0.260 e. The minimum atomic E-state index is -0.271. The summed E-state index contributed by atoms with van der Waals surface area (Å²) in [6.45, 7) is 1.38. The summed E-state index contributed by atoms with van der Waals surface area (Å²) in [6.07, 6.45) is 10.1. The van der Waals surface area contributed by atoms with Gasteiger partial charge in [-0.1, -0.05) is 31.0 Å². The van der Waals surface area contributed by atoms with E-state index in [1.54, 1.807) is 12.4 Å². The van der Waals surface area contributed by atoms with E-state index in [1.165, 1.54) is 12.8 Å². The molecule has 4 heterocycles. The number of nitrogens with zero attached hydrogens (tertiary/aromatic N) is 5. The standard InChI is InChI=1S/C28H28N6O2/c35-28-22-16-20(21-10-12-23(29-17-21)19-8-9-19)11-13-25(22)36-15-4-2-1-3-14-34-18-30-33-27(34)24-6-5-7-26(31-24)32-28/h5-7,10-13,16-19H,1-4,8-9,14-15H2,(H,31,32,35). The number of aromatic nitrogens is 5. The predicted molar refractivity (Wildman–Crippen MR) is 137 cm³/mol. The second-order valence-corrected chi connectivity index (χ2v) is 9.43. The molecule has 3 aromatic heterocycles. The number of amides is 1. The molecule has 1 aliphatic heterocycles. The van der Waals surface area contributed by atoms with Gasteiger partial charge in [-0.15, -0.1) is 10.2 Å². The summed E-state index contributed by atoms with van der Waals surface area (Å²) in [6, 6.07) is 15.4. The van der Waals surface area contributed by atoms with Crippen molar-refractivity contribution in [2.24, 2.45) is 0 Å². The zero-order valence-corrected chi connectivity index (χ0v) is 20.1. The van der Waals surface area contributed by atoms with Crippen LogP contribution in [0.3, 0.4) is 0 Å². The first-order chi connectivity index (χ1) is 17.7. The van der Waals surface area contributed by atoms with E-state index in [0.717, 1.165) is 49.0 Å². The Kier molecular flexibility index (Phi) is 6.15. The summed E-state index contributed by atoms with van der Waals surface area (Å²) < 4.78 is 8.10. The largest absolute Gasteiger partial charge is 0.493 e. The number of hydrogen-bond acceptors (Lipinski definition) is 6. The van der Waals surface area contributed by atoms with E-state index < -0.39 is 0 Å². The highest BCUT2D eigenvalue weighted by Gasteiger charge is 2.24. The number of pyridine rings is 2. The van der Waals surface area contributed by atoms with Gasteiger partial charge in [-0.2, -0.15) is 0 Å². The quantitative estimate of drug-likeness (QED) is 0.408. The first kappa shape index (κ1) is 22.4. The van der Waals surface area contributed by atoms with E-state index in [1.807, 2.05) is 41.1 Å². The van der Waals surface area contributed by atoms with Crippen LogP contribution in [0.25, 0.3) is 22.6 Å². The van der Waals surface area contributed by atoms with Gasteiger partial charge in [0.15, 0.2) is 5.82 Å². The number of nitrogens with one attached hydrogen (secondary N) is 1. The van der Waals surface area contributed by atoms with Crippen molar-refractivity contribution in [3.8, 4) is 28.4 Å². The third-order valence-corrected chi connectivity index (χ3v) is 6.73. The fourth-order valence-corrected chi connectivity index (χ4v) is 4.56. The minimum Gasteiger partial charge on any atom is -0.493 e. The number of aryl methyl sites for hydroxylation is 1. The summed E-state index contributed by atoms with van der Waals surface area (Å²) in [4.78, 5) is 22.7. The molecule has 0 spiro atoms. The lowest BCUT2D eigenvalue weighted by atomic mass is 10.0. The molecular formula is C28H28N6O2. The van der Waals surface area contributed by atoms with Crippen molar-refractivity contribution < 1.29 is 9.53 Å². The van der Waals surface area contributed by atoms with Crippen LogP contribution in [-0.2, 0) is 6.54 Å². The van der Waals surface area contributed by atoms with Crippen molar-refractivity contribution in [3.05, 3.63) is 72.3 Å². The highest BCUT2D eigenvalue weighted by atomic mass is 16.5. The van der Waals surface area contributed by atoms with E-state index >= 15 is 0 Å². The van der Waals surface area contributed by atoms with Crippen LogP contribution >= 0.6 is 0 Å². The molecule has 0 saturated heterocycles. The molecule has 8 heteroatoms. The Bertz CT molecular complexity index is 1380. The third-order valence-electron chi connectivity index (χ3n) is 6.73. The number of benzene rings is 1. The summed E-state index contributed by atoms with van der Waals surface area (Å²) in [5, 5.41) is 11.3. The molecule has 2 bridgehead atoms. The number of hydrogen-bond donors (Lipinski definition) is 1. The van der Waals surface area contributed by atoms with E-state index in [9.17, 15) is 4.79 Å². The molecule has 1 amide bonds. The van der Waals surface area contributed by atoms with Crippen molar-refractivity contribution in [3.63, 3.8) is 0 Å². The van der Waals surface area contributed by atoms with Crippen molar-refractivity contribution in [1.29, 1.82) is 0 Å². The van der Waals surface area contributed by atoms with Crippen molar-refractivity contribution >= 4 is 11.7 Å². The average molecular weight is 481 g/mol. The summed E-state index contributed by atoms with van der Waals surface area (Å²) in [5.74, 6) is 2.06. The van der Waals surface area contributed by atoms with Gasteiger partial charge in [0.05, 0.1) is 12.2 Å². The maximum Gasteiger partial charge on any atom is 0.260 e. The van der Waals surface area contributed by atoms with Crippen molar-refractivity contribution in [2.45, 2.75) is 51.0 Å². The van der Waals surface area contributed by atoms with Gasteiger partial charge in [-0.3, -0.25) is 9.78 Å². The molecule has 1 saturated carbocycles. The van der Waals surface area contributed by atoms with Crippen LogP contribution in [-0.4, -0.2) is 37.2 Å². The van der Waals surface area contributed by atoms with E-state index in [-0.39, 0.29) is 5.91 Å². The Balaban J connectivity index is 1.33. The van der Waals surface area contributed by atoms with E-state index in [4.69, 9.17) is 4.74 Å². The summed E-state index contributed by atoms with van der Waals surface area (Å²) in [5.41, 5.74) is 4.19. The van der Waals surface area contributed by atoms with Gasteiger partial charge in [0.2, 0.25) is 0 Å².